The summed E-state index contributed by atoms with van der Waals surface area (Å²) in [7, 11) is 1.02. The van der Waals surface area contributed by atoms with Gasteiger partial charge in [-0.3, -0.25) is 4.79 Å². The summed E-state index contributed by atoms with van der Waals surface area (Å²) in [5.41, 5.74) is -1.64. The van der Waals surface area contributed by atoms with E-state index in [0.29, 0.717) is 12.1 Å². The number of rotatable bonds is 2. The van der Waals surface area contributed by atoms with Crippen LogP contribution >= 0.6 is 0 Å². The van der Waals surface area contributed by atoms with Gasteiger partial charge in [-0.1, -0.05) is 6.07 Å². The maximum Gasteiger partial charge on any atom is 0.419 e. The van der Waals surface area contributed by atoms with E-state index >= 15 is 0 Å². The molecule has 0 spiro atoms. The molecule has 1 rings (SSSR count). The summed E-state index contributed by atoms with van der Waals surface area (Å²) < 4.78 is 54.4. The Kier molecular flexibility index (Phi) is 3.91. The number of alkyl halides is 3. The van der Waals surface area contributed by atoms with Crippen molar-refractivity contribution in [1.29, 1.82) is 5.26 Å². The first-order valence-corrected chi connectivity index (χ1v) is 4.65. The Balaban J connectivity index is 3.19. The van der Waals surface area contributed by atoms with Crippen molar-refractivity contribution in [1.82, 2.24) is 0 Å². The highest BCUT2D eigenvalue weighted by Crippen LogP contribution is 2.32. The van der Waals surface area contributed by atoms with Gasteiger partial charge in [0.25, 0.3) is 0 Å². The second kappa shape index (κ2) is 5.04. The molecule has 0 amide bonds. The van der Waals surface area contributed by atoms with Crippen LogP contribution in [-0.2, 0) is 15.7 Å². The van der Waals surface area contributed by atoms with Crippen molar-refractivity contribution in [3.8, 4) is 6.07 Å². The van der Waals surface area contributed by atoms with Gasteiger partial charge in [-0.15, -0.1) is 0 Å². The van der Waals surface area contributed by atoms with Gasteiger partial charge < -0.3 is 4.74 Å². The maximum atomic E-state index is 13.2. The summed E-state index contributed by atoms with van der Waals surface area (Å²) in [6, 6.07) is 3.40. The molecule has 0 aromatic heterocycles. The molecule has 0 fully saturated rings. The second-order valence-corrected chi connectivity index (χ2v) is 3.32. The number of carbonyl (C=O) groups is 1. The van der Waals surface area contributed by atoms with Gasteiger partial charge in [-0.05, 0) is 17.7 Å². The van der Waals surface area contributed by atoms with Crippen LogP contribution in [-0.4, -0.2) is 13.1 Å². The Hall–Kier alpha value is -2.10. The molecular formula is C11H7F4NO2. The van der Waals surface area contributed by atoms with E-state index in [9.17, 15) is 22.4 Å². The van der Waals surface area contributed by atoms with E-state index in [0.717, 1.165) is 13.2 Å². The molecule has 0 saturated heterocycles. The van der Waals surface area contributed by atoms with Crippen LogP contribution in [0.4, 0.5) is 17.6 Å². The van der Waals surface area contributed by atoms with Crippen molar-refractivity contribution in [2.45, 2.75) is 12.1 Å². The second-order valence-electron chi connectivity index (χ2n) is 3.32. The van der Waals surface area contributed by atoms with Crippen molar-refractivity contribution in [3.63, 3.8) is 0 Å². The Labute approximate surface area is 99.6 Å². The molecule has 96 valence electrons. The minimum Gasteiger partial charge on any atom is -0.468 e. The fourth-order valence-corrected chi connectivity index (χ4v) is 1.32. The van der Waals surface area contributed by atoms with Crippen molar-refractivity contribution < 1.29 is 27.1 Å². The number of nitrogens with zero attached hydrogens (tertiary/aromatic N) is 1. The molecule has 1 aromatic carbocycles. The van der Waals surface area contributed by atoms with E-state index in [1.165, 1.54) is 6.07 Å². The molecule has 0 aliphatic heterocycles. The van der Waals surface area contributed by atoms with E-state index < -0.39 is 29.4 Å². The highest BCUT2D eigenvalue weighted by atomic mass is 19.4. The van der Waals surface area contributed by atoms with E-state index in [2.05, 4.69) is 4.74 Å². The van der Waals surface area contributed by atoms with E-state index in [4.69, 9.17) is 5.26 Å². The molecule has 0 N–H and O–H groups in total. The van der Waals surface area contributed by atoms with Crippen LogP contribution in [0.5, 0.6) is 0 Å². The van der Waals surface area contributed by atoms with Gasteiger partial charge in [0.15, 0.2) is 5.92 Å². The Morgan fingerprint density at radius 3 is 2.44 bits per heavy atom. The number of nitriles is 1. The average Bonchev–Trinajstić information content (AvgIpc) is 2.28. The molecule has 3 nitrogen and oxygen atoms in total. The first-order chi connectivity index (χ1) is 8.31. The minimum atomic E-state index is -4.82. The van der Waals surface area contributed by atoms with Crippen LogP contribution in [0.1, 0.15) is 17.0 Å². The lowest BCUT2D eigenvalue weighted by Gasteiger charge is -2.11. The summed E-state index contributed by atoms with van der Waals surface area (Å²) in [6.07, 6.45) is -4.82. The molecule has 1 unspecified atom stereocenters. The van der Waals surface area contributed by atoms with Crippen LogP contribution in [0.25, 0.3) is 0 Å². The van der Waals surface area contributed by atoms with Gasteiger partial charge in [-0.2, -0.15) is 18.4 Å². The first kappa shape index (κ1) is 14.0. The molecule has 0 aliphatic carbocycles. The first-order valence-electron chi connectivity index (χ1n) is 4.65. The minimum absolute atomic E-state index is 0.185. The zero-order valence-electron chi connectivity index (χ0n) is 9.08. The fraction of sp³-hybridized carbons (Fsp3) is 0.273. The molecule has 1 atom stereocenters. The predicted octanol–water partition coefficient (Wildman–Crippen LogP) is 2.62. The Morgan fingerprint density at radius 1 is 1.44 bits per heavy atom. The highest BCUT2D eigenvalue weighted by molar-refractivity contribution is 5.81. The molecule has 0 aliphatic rings. The van der Waals surface area contributed by atoms with E-state index in [1.54, 1.807) is 0 Å². The summed E-state index contributed by atoms with van der Waals surface area (Å²) in [4.78, 5) is 11.1. The quantitative estimate of drug-likeness (QED) is 0.607. The molecule has 18 heavy (non-hydrogen) atoms. The van der Waals surface area contributed by atoms with Crippen molar-refractivity contribution in [3.05, 3.63) is 35.1 Å². The van der Waals surface area contributed by atoms with Crippen LogP contribution in [0.15, 0.2) is 18.2 Å². The maximum absolute atomic E-state index is 13.2. The molecule has 0 radical (unpaired) electrons. The molecular weight excluding hydrogens is 254 g/mol. The number of halogens is 4. The van der Waals surface area contributed by atoms with Gasteiger partial charge >= 0.3 is 12.1 Å². The van der Waals surface area contributed by atoms with E-state index in [1.807, 2.05) is 0 Å². The lowest BCUT2D eigenvalue weighted by molar-refractivity contribution is -0.141. The lowest BCUT2D eigenvalue weighted by Crippen LogP contribution is -2.14. The summed E-state index contributed by atoms with van der Waals surface area (Å²) in [6.45, 7) is 0. The topological polar surface area (TPSA) is 50.1 Å². The number of hydrogen-bond donors (Lipinski definition) is 0. The largest absolute Gasteiger partial charge is 0.468 e. The Bertz CT molecular complexity index is 505. The van der Waals surface area contributed by atoms with Crippen LogP contribution in [0.3, 0.4) is 0 Å². The predicted molar refractivity (Wildman–Crippen MR) is 51.8 cm³/mol. The normalized spacial score (nSPS) is 12.7. The number of hydrogen-bond acceptors (Lipinski definition) is 3. The van der Waals surface area contributed by atoms with Crippen LogP contribution < -0.4 is 0 Å². The van der Waals surface area contributed by atoms with Crippen LogP contribution in [0.2, 0.25) is 0 Å². The lowest BCUT2D eigenvalue weighted by atomic mass is 9.99. The average molecular weight is 261 g/mol. The Morgan fingerprint density at radius 2 is 2.06 bits per heavy atom. The van der Waals surface area contributed by atoms with Gasteiger partial charge in [0.05, 0.1) is 18.7 Å². The molecule has 1 aromatic rings. The summed E-state index contributed by atoms with van der Waals surface area (Å²) >= 11 is 0. The van der Waals surface area contributed by atoms with Gasteiger partial charge in [0, 0.05) is 0 Å². The zero-order chi connectivity index (χ0) is 13.9. The fourth-order valence-electron chi connectivity index (χ4n) is 1.32. The highest BCUT2D eigenvalue weighted by Gasteiger charge is 2.34. The molecule has 0 saturated carbocycles. The summed E-state index contributed by atoms with van der Waals surface area (Å²) in [5.74, 6) is -3.95. The van der Waals surface area contributed by atoms with E-state index in [-0.39, 0.29) is 5.56 Å². The number of ether oxygens (including phenoxy) is 1. The number of esters is 1. The smallest absolute Gasteiger partial charge is 0.419 e. The SMILES string of the molecule is COC(=O)C(C#N)c1ccc(C(F)(F)F)c(F)c1. The number of methoxy groups -OCH3 is 1. The third kappa shape index (κ3) is 2.77. The van der Waals surface area contributed by atoms with Crippen molar-refractivity contribution >= 4 is 5.97 Å². The summed E-state index contributed by atoms with van der Waals surface area (Å²) in [5, 5.41) is 8.71. The monoisotopic (exact) mass is 261 g/mol. The zero-order valence-corrected chi connectivity index (χ0v) is 9.08. The van der Waals surface area contributed by atoms with Gasteiger partial charge in [0.2, 0.25) is 0 Å². The van der Waals surface area contributed by atoms with Crippen LogP contribution in [0, 0.1) is 17.1 Å². The third-order valence-electron chi connectivity index (χ3n) is 2.20. The van der Waals surface area contributed by atoms with Gasteiger partial charge in [0.1, 0.15) is 5.82 Å². The number of benzene rings is 1. The van der Waals surface area contributed by atoms with Crippen molar-refractivity contribution in [2.75, 3.05) is 7.11 Å². The molecule has 0 bridgehead atoms. The van der Waals surface area contributed by atoms with Crippen molar-refractivity contribution in [2.24, 2.45) is 0 Å². The molecule has 7 heteroatoms. The third-order valence-corrected chi connectivity index (χ3v) is 2.20. The van der Waals surface area contributed by atoms with Gasteiger partial charge in [-0.25, -0.2) is 4.39 Å². The number of carbonyl (C=O) groups excluding carboxylic acids is 1. The molecule has 0 heterocycles. The standard InChI is InChI=1S/C11H7F4NO2/c1-18-10(17)7(5-16)6-2-3-8(9(12)4-6)11(13,14)15/h2-4,7H,1H3.